The third-order valence-corrected chi connectivity index (χ3v) is 18.9. The molecule has 0 radical (unpaired) electrons. The van der Waals surface area contributed by atoms with Crippen LogP contribution in [0.3, 0.4) is 0 Å². The van der Waals surface area contributed by atoms with Crippen LogP contribution in [0.2, 0.25) is 17.1 Å². The van der Waals surface area contributed by atoms with Crippen LogP contribution in [0.25, 0.3) is 0 Å². The molecule has 8 rings (SSSR count). The molecule has 1 N–H and O–H groups in total. The van der Waals surface area contributed by atoms with Gasteiger partial charge in [0.15, 0.2) is 0 Å². The second kappa shape index (κ2) is 10.1. The Balaban J connectivity index is 1.17. The van der Waals surface area contributed by atoms with Gasteiger partial charge in [-0.15, -0.1) is 0 Å². The average molecular weight is 576 g/mol. The van der Waals surface area contributed by atoms with Crippen molar-refractivity contribution in [2.45, 2.75) is 88.1 Å². The lowest BCUT2D eigenvalue weighted by molar-refractivity contribution is -0.00471. The van der Waals surface area contributed by atoms with Crippen molar-refractivity contribution in [2.75, 3.05) is 11.9 Å². The zero-order valence-electron chi connectivity index (χ0n) is 26.0. The number of benzene rings is 1. The Morgan fingerprint density at radius 1 is 0.738 bits per heavy atom. The molecule has 220 valence electrons. The minimum atomic E-state index is -1.88. The molecule has 3 fully saturated rings. The van der Waals surface area contributed by atoms with Crippen molar-refractivity contribution >= 4 is 13.8 Å². The lowest BCUT2D eigenvalue weighted by atomic mass is 9.83. The standard InChI is InChI=1S/C39H49NOSi/c1-25-20-21-32-31(24-25)35-36(40-32)30-18-13-19-33-34(30)38(35)42(33,23-12-6-5-11-22-41-39(2,3)4)37-28-16-9-7-14-26(28)27-15-8-10-17-29(27)37/h7-10,13-21,24,26-30,34-38,40H,5-6,11-12,22-23H2,1-4H3. The second-order valence-electron chi connectivity index (χ2n) is 15.5. The van der Waals surface area contributed by atoms with E-state index in [2.05, 4.69) is 118 Å². The summed E-state index contributed by atoms with van der Waals surface area (Å²) in [5.41, 5.74) is 6.11. The normalized spacial score (nSPS) is 41.0. The van der Waals surface area contributed by atoms with Crippen LogP contribution in [0.4, 0.5) is 5.69 Å². The maximum Gasteiger partial charge on any atom is 0.0905 e. The van der Waals surface area contributed by atoms with Gasteiger partial charge in [0.1, 0.15) is 0 Å². The monoisotopic (exact) mass is 575 g/mol. The van der Waals surface area contributed by atoms with Crippen molar-refractivity contribution in [1.29, 1.82) is 0 Å². The summed E-state index contributed by atoms with van der Waals surface area (Å²) in [6, 6.07) is 9.28. The molecule has 1 aromatic carbocycles. The zero-order valence-corrected chi connectivity index (χ0v) is 27.0. The topological polar surface area (TPSA) is 21.3 Å². The fraction of sp³-hybridized carbons (Fsp3) is 0.538. The smallest absolute Gasteiger partial charge is 0.0905 e. The first kappa shape index (κ1) is 27.2. The molecule has 2 aliphatic heterocycles. The first-order valence-corrected chi connectivity index (χ1v) is 19.3. The Hall–Kier alpha value is -2.36. The van der Waals surface area contributed by atoms with Crippen LogP contribution < -0.4 is 5.32 Å². The highest BCUT2D eigenvalue weighted by Gasteiger charge is 2.75. The molecule has 0 aromatic heterocycles. The van der Waals surface area contributed by atoms with Gasteiger partial charge in [0.25, 0.3) is 0 Å². The lowest BCUT2D eigenvalue weighted by Crippen LogP contribution is -2.63. The van der Waals surface area contributed by atoms with Crippen molar-refractivity contribution in [3.05, 3.63) is 101 Å². The summed E-state index contributed by atoms with van der Waals surface area (Å²) in [5.74, 6) is 4.77. The number of fused-ring (bicyclic) bond motifs is 8. The largest absolute Gasteiger partial charge is 0.381 e. The molecule has 2 heterocycles. The molecule has 42 heavy (non-hydrogen) atoms. The molecule has 0 bridgehead atoms. The van der Waals surface area contributed by atoms with Gasteiger partial charge in [0, 0.05) is 30.2 Å². The van der Waals surface area contributed by atoms with Crippen LogP contribution in [0.15, 0.2) is 90.2 Å². The predicted octanol–water partition coefficient (Wildman–Crippen LogP) is 9.46. The Bertz CT molecular complexity index is 1390. The molecule has 5 aliphatic carbocycles. The van der Waals surface area contributed by atoms with Crippen LogP contribution >= 0.6 is 0 Å². The number of hydrogen-bond donors (Lipinski definition) is 1. The molecule has 0 amide bonds. The van der Waals surface area contributed by atoms with Gasteiger partial charge in [-0.25, -0.2) is 0 Å². The van der Waals surface area contributed by atoms with E-state index in [-0.39, 0.29) is 5.60 Å². The highest BCUT2D eigenvalue weighted by molar-refractivity contribution is 6.93. The Labute approximate surface area is 254 Å². The molecular weight excluding hydrogens is 527 g/mol. The van der Waals surface area contributed by atoms with Crippen LogP contribution in [-0.2, 0) is 4.74 Å². The van der Waals surface area contributed by atoms with Crippen molar-refractivity contribution < 1.29 is 4.74 Å². The van der Waals surface area contributed by atoms with E-state index in [1.807, 2.05) is 5.20 Å². The van der Waals surface area contributed by atoms with Crippen LogP contribution in [0, 0.1) is 42.4 Å². The molecular formula is C39H49NOSi. The number of unbranched alkanes of at least 4 members (excludes halogenated alkanes) is 3. The number of anilines is 1. The van der Waals surface area contributed by atoms with Crippen molar-refractivity contribution in [3.8, 4) is 0 Å². The summed E-state index contributed by atoms with van der Waals surface area (Å²) in [5, 5.41) is 6.06. The molecule has 1 aromatic rings. The second-order valence-corrected chi connectivity index (χ2v) is 20.0. The molecule has 3 heteroatoms. The molecule has 1 saturated heterocycles. The molecule has 0 spiro atoms. The minimum absolute atomic E-state index is 0.0299. The van der Waals surface area contributed by atoms with E-state index < -0.39 is 8.07 Å². The molecule has 10 unspecified atom stereocenters. The van der Waals surface area contributed by atoms with E-state index in [0.717, 1.165) is 23.6 Å². The number of rotatable bonds is 8. The SMILES string of the molecule is Cc1ccc2c(c1)C1C(N2)C2C=CC=C3C2C1[Si]3(CCCCCCOC(C)(C)C)C1C2C=CC=CC2C2C=CC=CC21. The molecule has 2 saturated carbocycles. The summed E-state index contributed by atoms with van der Waals surface area (Å²) < 4.78 is 6.07. The quantitative estimate of drug-likeness (QED) is 0.246. The summed E-state index contributed by atoms with van der Waals surface area (Å²) >= 11 is 0. The summed E-state index contributed by atoms with van der Waals surface area (Å²) in [6.45, 7) is 9.71. The third kappa shape index (κ3) is 3.98. The van der Waals surface area contributed by atoms with E-state index >= 15 is 0 Å². The minimum Gasteiger partial charge on any atom is -0.381 e. The highest BCUT2D eigenvalue weighted by Crippen LogP contribution is 2.78. The highest BCUT2D eigenvalue weighted by atomic mass is 28.3. The fourth-order valence-electron chi connectivity index (χ4n) is 11.1. The van der Waals surface area contributed by atoms with Gasteiger partial charge in [-0.05, 0) is 86.4 Å². The van der Waals surface area contributed by atoms with Gasteiger partial charge in [-0.1, -0.05) is 115 Å². The molecule has 2 nitrogen and oxygen atoms in total. The predicted molar refractivity (Wildman–Crippen MR) is 178 cm³/mol. The zero-order chi connectivity index (χ0) is 28.6. The Morgan fingerprint density at radius 3 is 2.12 bits per heavy atom. The first-order chi connectivity index (χ1) is 20.4. The van der Waals surface area contributed by atoms with Gasteiger partial charge in [0.05, 0.1) is 13.7 Å². The van der Waals surface area contributed by atoms with Gasteiger partial charge in [-0.2, -0.15) is 0 Å². The summed E-state index contributed by atoms with van der Waals surface area (Å²) in [4.78, 5) is 0. The third-order valence-electron chi connectivity index (χ3n) is 12.3. The van der Waals surface area contributed by atoms with Gasteiger partial charge >= 0.3 is 0 Å². The number of aryl methyl sites for hydroxylation is 1. The lowest BCUT2D eigenvalue weighted by Gasteiger charge is -2.62. The molecule has 10 atom stereocenters. The maximum absolute atomic E-state index is 6.07. The summed E-state index contributed by atoms with van der Waals surface area (Å²) in [6.07, 6.45) is 32.8. The first-order valence-electron chi connectivity index (χ1n) is 17.0. The van der Waals surface area contributed by atoms with Crippen molar-refractivity contribution in [1.82, 2.24) is 0 Å². The van der Waals surface area contributed by atoms with Crippen molar-refractivity contribution in [3.63, 3.8) is 0 Å². The van der Waals surface area contributed by atoms with Crippen molar-refractivity contribution in [2.24, 2.45) is 35.5 Å². The van der Waals surface area contributed by atoms with E-state index in [1.165, 1.54) is 43.0 Å². The van der Waals surface area contributed by atoms with E-state index in [0.29, 0.717) is 41.5 Å². The van der Waals surface area contributed by atoms with Gasteiger partial charge < -0.3 is 10.1 Å². The average Bonchev–Trinajstić information content (AvgIpc) is 3.61. The van der Waals surface area contributed by atoms with E-state index in [9.17, 15) is 0 Å². The fourth-order valence-corrected chi connectivity index (χ4v) is 19.3. The van der Waals surface area contributed by atoms with Crippen LogP contribution in [0.1, 0.15) is 63.5 Å². The van der Waals surface area contributed by atoms with Gasteiger partial charge in [-0.3, -0.25) is 0 Å². The number of nitrogens with one attached hydrogen (secondary N) is 1. The Morgan fingerprint density at radius 2 is 1.40 bits per heavy atom. The van der Waals surface area contributed by atoms with Crippen LogP contribution in [-0.4, -0.2) is 26.3 Å². The maximum atomic E-state index is 6.07. The van der Waals surface area contributed by atoms with Gasteiger partial charge in [0.2, 0.25) is 0 Å². The summed E-state index contributed by atoms with van der Waals surface area (Å²) in [7, 11) is -1.88. The number of allylic oxidation sites excluding steroid dienone is 11. The number of hydrogen-bond acceptors (Lipinski definition) is 2. The number of ether oxygens (including phenoxy) is 1. The Kier molecular flexibility index (Phi) is 6.54. The molecule has 7 aliphatic rings. The van der Waals surface area contributed by atoms with E-state index in [1.54, 1.807) is 5.56 Å². The van der Waals surface area contributed by atoms with Crippen LogP contribution in [0.5, 0.6) is 0 Å². The van der Waals surface area contributed by atoms with E-state index in [4.69, 9.17) is 4.74 Å².